The van der Waals surface area contributed by atoms with E-state index in [1.165, 1.54) is 5.56 Å². The van der Waals surface area contributed by atoms with Gasteiger partial charge in [0.1, 0.15) is 5.66 Å². The lowest BCUT2D eigenvalue weighted by Gasteiger charge is -2.41. The van der Waals surface area contributed by atoms with Crippen molar-refractivity contribution < 1.29 is 4.74 Å². The van der Waals surface area contributed by atoms with Gasteiger partial charge in [-0.3, -0.25) is 5.32 Å². The molecule has 21 heavy (non-hydrogen) atoms. The van der Waals surface area contributed by atoms with Gasteiger partial charge in [0, 0.05) is 17.2 Å². The summed E-state index contributed by atoms with van der Waals surface area (Å²) >= 11 is 0. The molecule has 0 aliphatic carbocycles. The maximum Gasteiger partial charge on any atom is 0.195 e. The second kappa shape index (κ2) is 5.50. The summed E-state index contributed by atoms with van der Waals surface area (Å²) < 4.78 is 5.85. The first-order valence-electron chi connectivity index (χ1n) is 7.37. The van der Waals surface area contributed by atoms with Gasteiger partial charge in [0.25, 0.3) is 0 Å². The Hall–Kier alpha value is -1.85. The number of hydrogen-bond donors (Lipinski definition) is 3. The van der Waals surface area contributed by atoms with Crippen molar-refractivity contribution in [2.75, 3.05) is 20.3 Å². The third-order valence-electron chi connectivity index (χ3n) is 4.40. The number of benzene rings is 1. The minimum Gasteiger partial charge on any atom is -0.376 e. The second-order valence-corrected chi connectivity index (χ2v) is 5.46. The molecular weight excluding hydrogens is 264 g/mol. The SMILES string of the molecule is CCC1(NC)N=C(N)NC2=C1COCC2c1ccccc1. The highest BCUT2D eigenvalue weighted by molar-refractivity contribution is 5.82. The number of nitrogens with two attached hydrogens (primary N) is 1. The van der Waals surface area contributed by atoms with Crippen molar-refractivity contribution in [3.05, 3.63) is 47.2 Å². The van der Waals surface area contributed by atoms with Crippen LogP contribution in [0.4, 0.5) is 0 Å². The molecule has 4 N–H and O–H groups in total. The molecular formula is C16H22N4O. The van der Waals surface area contributed by atoms with Gasteiger partial charge in [-0.25, -0.2) is 4.99 Å². The van der Waals surface area contributed by atoms with Crippen molar-refractivity contribution in [2.24, 2.45) is 10.7 Å². The summed E-state index contributed by atoms with van der Waals surface area (Å²) in [5.41, 5.74) is 9.09. The molecule has 0 spiro atoms. The third-order valence-corrected chi connectivity index (χ3v) is 4.40. The van der Waals surface area contributed by atoms with Crippen LogP contribution in [0, 0.1) is 0 Å². The summed E-state index contributed by atoms with van der Waals surface area (Å²) in [6, 6.07) is 10.4. The van der Waals surface area contributed by atoms with Crippen molar-refractivity contribution >= 4 is 5.96 Å². The van der Waals surface area contributed by atoms with E-state index in [4.69, 9.17) is 10.5 Å². The van der Waals surface area contributed by atoms with Crippen LogP contribution >= 0.6 is 0 Å². The highest BCUT2D eigenvalue weighted by Crippen LogP contribution is 2.37. The summed E-state index contributed by atoms with van der Waals surface area (Å²) in [5, 5.41) is 6.60. The lowest BCUT2D eigenvalue weighted by molar-refractivity contribution is 0.115. The Kier molecular flexibility index (Phi) is 3.69. The minimum absolute atomic E-state index is 0.170. The fourth-order valence-electron chi connectivity index (χ4n) is 3.22. The first kappa shape index (κ1) is 14.1. The number of rotatable bonds is 3. The lowest BCUT2D eigenvalue weighted by Crippen LogP contribution is -2.54. The van der Waals surface area contributed by atoms with Gasteiger partial charge in [0.05, 0.1) is 13.2 Å². The number of aliphatic imine (C=N–C) groups is 1. The van der Waals surface area contributed by atoms with E-state index in [9.17, 15) is 0 Å². The van der Waals surface area contributed by atoms with E-state index in [0.717, 1.165) is 17.7 Å². The van der Waals surface area contributed by atoms with E-state index in [0.29, 0.717) is 19.2 Å². The number of likely N-dealkylation sites (N-methyl/N-ethyl adjacent to an activating group) is 1. The van der Waals surface area contributed by atoms with Crippen molar-refractivity contribution in [1.82, 2.24) is 10.6 Å². The topological polar surface area (TPSA) is 71.7 Å². The number of nitrogens with one attached hydrogen (secondary N) is 2. The van der Waals surface area contributed by atoms with Crippen molar-refractivity contribution in [3.8, 4) is 0 Å². The van der Waals surface area contributed by atoms with Crippen molar-refractivity contribution in [1.29, 1.82) is 0 Å². The molecule has 2 heterocycles. The molecule has 5 nitrogen and oxygen atoms in total. The van der Waals surface area contributed by atoms with Gasteiger partial charge < -0.3 is 15.8 Å². The molecule has 2 aliphatic heterocycles. The Morgan fingerprint density at radius 2 is 2.19 bits per heavy atom. The lowest BCUT2D eigenvalue weighted by atomic mass is 9.84. The van der Waals surface area contributed by atoms with Gasteiger partial charge in [-0.15, -0.1) is 0 Å². The standard InChI is InChI=1S/C16H22N4O/c1-3-16(18-2)13-10-21-9-12(11-7-5-4-6-8-11)14(13)19-15(17)20-16/h4-8,12,18H,3,9-10H2,1-2H3,(H3,17,19,20). The Morgan fingerprint density at radius 3 is 2.86 bits per heavy atom. The van der Waals surface area contributed by atoms with E-state index in [1.54, 1.807) is 0 Å². The van der Waals surface area contributed by atoms with E-state index in [1.807, 2.05) is 13.1 Å². The molecule has 0 aromatic heterocycles. The van der Waals surface area contributed by atoms with Gasteiger partial charge in [0.15, 0.2) is 5.96 Å². The molecule has 2 unspecified atom stereocenters. The zero-order chi connectivity index (χ0) is 14.9. The van der Waals surface area contributed by atoms with Gasteiger partial charge >= 0.3 is 0 Å². The van der Waals surface area contributed by atoms with Gasteiger partial charge in [0.2, 0.25) is 0 Å². The van der Waals surface area contributed by atoms with Crippen LogP contribution in [0.5, 0.6) is 0 Å². The zero-order valence-electron chi connectivity index (χ0n) is 12.5. The predicted octanol–water partition coefficient (Wildman–Crippen LogP) is 1.30. The molecule has 0 amide bonds. The summed E-state index contributed by atoms with van der Waals surface area (Å²) in [7, 11) is 1.92. The van der Waals surface area contributed by atoms with E-state index < -0.39 is 5.66 Å². The molecule has 2 aliphatic rings. The highest BCUT2D eigenvalue weighted by Gasteiger charge is 2.40. The molecule has 0 saturated heterocycles. The summed E-state index contributed by atoms with van der Waals surface area (Å²) in [6.07, 6.45) is 0.829. The minimum atomic E-state index is -0.460. The molecule has 112 valence electrons. The fourth-order valence-corrected chi connectivity index (χ4v) is 3.22. The van der Waals surface area contributed by atoms with Crippen LogP contribution in [-0.4, -0.2) is 31.9 Å². The first-order chi connectivity index (χ1) is 10.2. The zero-order valence-corrected chi connectivity index (χ0v) is 12.5. The van der Waals surface area contributed by atoms with Crippen LogP contribution in [0.15, 0.2) is 46.6 Å². The molecule has 0 saturated carbocycles. The number of guanidine groups is 1. The van der Waals surface area contributed by atoms with Crippen molar-refractivity contribution in [3.63, 3.8) is 0 Å². The molecule has 0 bridgehead atoms. The summed E-state index contributed by atoms with van der Waals surface area (Å²) in [4.78, 5) is 4.60. The quantitative estimate of drug-likeness (QED) is 0.783. The third kappa shape index (κ3) is 2.32. The second-order valence-electron chi connectivity index (χ2n) is 5.46. The molecule has 0 radical (unpaired) electrons. The Bertz CT molecular complexity index is 575. The Balaban J connectivity index is 2.08. The smallest absolute Gasteiger partial charge is 0.195 e. The molecule has 3 rings (SSSR count). The monoisotopic (exact) mass is 286 g/mol. The van der Waals surface area contributed by atoms with Crippen LogP contribution in [0.2, 0.25) is 0 Å². The van der Waals surface area contributed by atoms with Gasteiger partial charge in [-0.05, 0) is 19.0 Å². The maximum atomic E-state index is 6.03. The number of nitrogens with zero attached hydrogens (tertiary/aromatic N) is 1. The van der Waals surface area contributed by atoms with Gasteiger partial charge in [-0.1, -0.05) is 37.3 Å². The van der Waals surface area contributed by atoms with Crippen LogP contribution in [-0.2, 0) is 4.74 Å². The molecule has 0 fully saturated rings. The Morgan fingerprint density at radius 1 is 1.43 bits per heavy atom. The van der Waals surface area contributed by atoms with E-state index in [-0.39, 0.29) is 5.92 Å². The van der Waals surface area contributed by atoms with E-state index >= 15 is 0 Å². The predicted molar refractivity (Wildman–Crippen MR) is 83.9 cm³/mol. The Labute approximate surface area is 125 Å². The van der Waals surface area contributed by atoms with Crippen LogP contribution in [0.3, 0.4) is 0 Å². The van der Waals surface area contributed by atoms with Crippen LogP contribution in [0.25, 0.3) is 0 Å². The van der Waals surface area contributed by atoms with Crippen LogP contribution in [0.1, 0.15) is 24.8 Å². The van der Waals surface area contributed by atoms with E-state index in [2.05, 4.69) is 46.8 Å². The molecule has 1 aromatic carbocycles. The summed E-state index contributed by atoms with van der Waals surface area (Å²) in [5.74, 6) is 0.635. The number of hydrogen-bond acceptors (Lipinski definition) is 5. The van der Waals surface area contributed by atoms with Crippen LogP contribution < -0.4 is 16.4 Å². The average molecular weight is 286 g/mol. The highest BCUT2D eigenvalue weighted by atomic mass is 16.5. The molecule has 1 aromatic rings. The average Bonchev–Trinajstić information content (AvgIpc) is 2.54. The van der Waals surface area contributed by atoms with Crippen molar-refractivity contribution in [2.45, 2.75) is 24.9 Å². The first-order valence-corrected chi connectivity index (χ1v) is 7.37. The molecule has 5 heteroatoms. The fraction of sp³-hybridized carbons (Fsp3) is 0.438. The summed E-state index contributed by atoms with van der Waals surface area (Å²) in [6.45, 7) is 3.35. The van der Waals surface area contributed by atoms with Gasteiger partial charge in [-0.2, -0.15) is 0 Å². The normalized spacial score (nSPS) is 28.7. The number of ether oxygens (including phenoxy) is 1. The maximum absolute atomic E-state index is 6.03. The largest absolute Gasteiger partial charge is 0.376 e. The molecule has 2 atom stereocenters.